The number of nitrogens with one attached hydrogen (secondary N) is 1. The van der Waals surface area contributed by atoms with Crippen LogP contribution in [-0.4, -0.2) is 17.1 Å². The lowest BCUT2D eigenvalue weighted by Crippen LogP contribution is -2.28. The van der Waals surface area contributed by atoms with Gasteiger partial charge in [0.15, 0.2) is 0 Å². The zero-order chi connectivity index (χ0) is 13.8. The molecule has 1 atom stereocenters. The third-order valence-electron chi connectivity index (χ3n) is 4.04. The number of nitrogens with two attached hydrogens (primary N) is 1. The van der Waals surface area contributed by atoms with Crippen LogP contribution in [0.2, 0.25) is 0 Å². The number of aromatic carboxylic acids is 1. The van der Waals surface area contributed by atoms with E-state index in [0.29, 0.717) is 17.6 Å². The molecule has 19 heavy (non-hydrogen) atoms. The predicted molar refractivity (Wildman–Crippen MR) is 77.5 cm³/mol. The lowest BCUT2D eigenvalue weighted by atomic mass is 9.84. The molecule has 1 aromatic carbocycles. The fraction of sp³-hybridized carbons (Fsp3) is 0.533. The Bertz CT molecular complexity index is 453. The van der Waals surface area contributed by atoms with Crippen molar-refractivity contribution < 1.29 is 9.90 Å². The van der Waals surface area contributed by atoms with E-state index in [0.717, 1.165) is 5.69 Å². The van der Waals surface area contributed by atoms with E-state index in [1.54, 1.807) is 12.1 Å². The Hall–Kier alpha value is -1.71. The van der Waals surface area contributed by atoms with Crippen LogP contribution in [0.5, 0.6) is 0 Å². The summed E-state index contributed by atoms with van der Waals surface area (Å²) in [6, 6.07) is 5.14. The van der Waals surface area contributed by atoms with Gasteiger partial charge >= 0.3 is 5.97 Å². The standard InChI is InChI=1S/C15H22N2O2/c1-10(11-5-3-2-4-6-11)17-14-9-12(15(18)19)7-8-13(14)16/h7-11,17H,2-6,16H2,1H3,(H,18,19). The zero-order valence-corrected chi connectivity index (χ0v) is 11.4. The van der Waals surface area contributed by atoms with Crippen molar-refractivity contribution in [2.24, 2.45) is 5.92 Å². The molecule has 0 radical (unpaired) electrons. The topological polar surface area (TPSA) is 75.3 Å². The molecule has 4 N–H and O–H groups in total. The summed E-state index contributed by atoms with van der Waals surface area (Å²) in [6.07, 6.45) is 6.40. The van der Waals surface area contributed by atoms with Gasteiger partial charge in [0, 0.05) is 6.04 Å². The Morgan fingerprint density at radius 2 is 2.05 bits per heavy atom. The number of hydrogen-bond donors (Lipinski definition) is 3. The summed E-state index contributed by atoms with van der Waals surface area (Å²) in [6.45, 7) is 2.16. The normalized spacial score (nSPS) is 17.9. The second-order valence-electron chi connectivity index (χ2n) is 5.44. The number of anilines is 2. The molecule has 0 aliphatic heterocycles. The Kier molecular flexibility index (Phi) is 4.30. The van der Waals surface area contributed by atoms with Crippen molar-refractivity contribution in [1.82, 2.24) is 0 Å². The highest BCUT2D eigenvalue weighted by molar-refractivity contribution is 5.90. The van der Waals surface area contributed by atoms with Gasteiger partial charge in [-0.1, -0.05) is 19.3 Å². The molecule has 4 nitrogen and oxygen atoms in total. The quantitative estimate of drug-likeness (QED) is 0.727. The number of carboxylic acid groups (broad SMARTS) is 1. The average Bonchev–Trinajstić information content (AvgIpc) is 2.42. The minimum Gasteiger partial charge on any atom is -0.478 e. The van der Waals surface area contributed by atoms with Crippen molar-refractivity contribution in [3.63, 3.8) is 0 Å². The third kappa shape index (κ3) is 3.40. The number of rotatable bonds is 4. The van der Waals surface area contributed by atoms with E-state index >= 15 is 0 Å². The van der Waals surface area contributed by atoms with Crippen LogP contribution < -0.4 is 11.1 Å². The van der Waals surface area contributed by atoms with Gasteiger partial charge < -0.3 is 16.2 Å². The van der Waals surface area contributed by atoms with E-state index in [4.69, 9.17) is 10.8 Å². The molecule has 1 fully saturated rings. The first-order valence-corrected chi connectivity index (χ1v) is 6.97. The second kappa shape index (κ2) is 5.95. The van der Waals surface area contributed by atoms with Crippen molar-refractivity contribution in [3.05, 3.63) is 23.8 Å². The van der Waals surface area contributed by atoms with Gasteiger partial charge in [-0.25, -0.2) is 4.79 Å². The summed E-state index contributed by atoms with van der Waals surface area (Å²) in [4.78, 5) is 11.0. The minimum atomic E-state index is -0.923. The van der Waals surface area contributed by atoms with Crippen LogP contribution in [0.3, 0.4) is 0 Å². The highest BCUT2D eigenvalue weighted by Gasteiger charge is 2.20. The highest BCUT2D eigenvalue weighted by atomic mass is 16.4. The van der Waals surface area contributed by atoms with Gasteiger partial charge in [-0.3, -0.25) is 0 Å². The summed E-state index contributed by atoms with van der Waals surface area (Å²) in [5.41, 5.74) is 7.52. The molecule has 1 unspecified atom stereocenters. The Labute approximate surface area is 114 Å². The number of hydrogen-bond acceptors (Lipinski definition) is 3. The summed E-state index contributed by atoms with van der Waals surface area (Å²) < 4.78 is 0. The second-order valence-corrected chi connectivity index (χ2v) is 5.44. The summed E-state index contributed by atoms with van der Waals surface area (Å²) in [5, 5.41) is 12.4. The van der Waals surface area contributed by atoms with Gasteiger partial charge in [0.1, 0.15) is 0 Å². The van der Waals surface area contributed by atoms with Crippen molar-refractivity contribution in [1.29, 1.82) is 0 Å². The van der Waals surface area contributed by atoms with Crippen LogP contribution in [0.15, 0.2) is 18.2 Å². The van der Waals surface area contributed by atoms with E-state index in [2.05, 4.69) is 12.2 Å². The molecule has 0 bridgehead atoms. The molecule has 1 saturated carbocycles. The van der Waals surface area contributed by atoms with Crippen molar-refractivity contribution in [2.75, 3.05) is 11.1 Å². The number of carboxylic acids is 1. The number of carbonyl (C=O) groups is 1. The molecular formula is C15H22N2O2. The van der Waals surface area contributed by atoms with Gasteiger partial charge in [0.2, 0.25) is 0 Å². The fourth-order valence-corrected chi connectivity index (χ4v) is 2.81. The molecule has 0 heterocycles. The molecular weight excluding hydrogens is 240 g/mol. The van der Waals surface area contributed by atoms with Crippen LogP contribution in [0.4, 0.5) is 11.4 Å². The Morgan fingerprint density at radius 1 is 1.37 bits per heavy atom. The van der Waals surface area contributed by atoms with Gasteiger partial charge in [-0.2, -0.15) is 0 Å². The van der Waals surface area contributed by atoms with Gasteiger partial charge in [0.05, 0.1) is 16.9 Å². The lowest BCUT2D eigenvalue weighted by Gasteiger charge is -2.29. The molecule has 0 saturated heterocycles. The van der Waals surface area contributed by atoms with E-state index < -0.39 is 5.97 Å². The monoisotopic (exact) mass is 262 g/mol. The lowest BCUT2D eigenvalue weighted by molar-refractivity contribution is 0.0697. The first kappa shape index (κ1) is 13.7. The Balaban J connectivity index is 2.08. The SMILES string of the molecule is CC(Nc1cc(C(=O)O)ccc1N)C1CCCCC1. The van der Waals surface area contributed by atoms with Crippen LogP contribution in [0.25, 0.3) is 0 Å². The predicted octanol–water partition coefficient (Wildman–Crippen LogP) is 3.35. The maximum Gasteiger partial charge on any atom is 0.335 e. The minimum absolute atomic E-state index is 0.271. The zero-order valence-electron chi connectivity index (χ0n) is 11.4. The summed E-state index contributed by atoms with van der Waals surface area (Å²) in [5.74, 6) is -0.269. The van der Waals surface area contributed by atoms with Crippen molar-refractivity contribution in [3.8, 4) is 0 Å². The van der Waals surface area contributed by atoms with Crippen molar-refractivity contribution >= 4 is 17.3 Å². The van der Waals surface area contributed by atoms with Gasteiger partial charge in [-0.05, 0) is 43.9 Å². The molecule has 1 aliphatic rings. The highest BCUT2D eigenvalue weighted by Crippen LogP contribution is 2.29. The molecule has 1 aromatic rings. The number of benzene rings is 1. The van der Waals surface area contributed by atoms with Crippen LogP contribution >= 0.6 is 0 Å². The maximum atomic E-state index is 11.0. The molecule has 1 aliphatic carbocycles. The third-order valence-corrected chi connectivity index (χ3v) is 4.04. The van der Waals surface area contributed by atoms with Gasteiger partial charge in [0.25, 0.3) is 0 Å². The first-order chi connectivity index (χ1) is 9.08. The molecule has 0 amide bonds. The van der Waals surface area contributed by atoms with Gasteiger partial charge in [-0.15, -0.1) is 0 Å². The summed E-state index contributed by atoms with van der Waals surface area (Å²) in [7, 11) is 0. The summed E-state index contributed by atoms with van der Waals surface area (Å²) >= 11 is 0. The van der Waals surface area contributed by atoms with Crippen LogP contribution in [0.1, 0.15) is 49.4 Å². The Morgan fingerprint density at radius 3 is 2.68 bits per heavy atom. The van der Waals surface area contributed by atoms with Crippen LogP contribution in [0, 0.1) is 5.92 Å². The van der Waals surface area contributed by atoms with Crippen molar-refractivity contribution in [2.45, 2.75) is 45.1 Å². The fourth-order valence-electron chi connectivity index (χ4n) is 2.81. The smallest absolute Gasteiger partial charge is 0.335 e. The molecule has 104 valence electrons. The first-order valence-electron chi connectivity index (χ1n) is 6.97. The number of nitrogen functional groups attached to an aromatic ring is 1. The van der Waals surface area contributed by atoms with E-state index in [1.165, 1.54) is 38.2 Å². The molecule has 0 aromatic heterocycles. The molecule has 0 spiro atoms. The van der Waals surface area contributed by atoms with E-state index in [1.807, 2.05) is 0 Å². The maximum absolute atomic E-state index is 11.0. The van der Waals surface area contributed by atoms with Crippen LogP contribution in [-0.2, 0) is 0 Å². The van der Waals surface area contributed by atoms with E-state index in [-0.39, 0.29) is 5.56 Å². The van der Waals surface area contributed by atoms with E-state index in [9.17, 15) is 4.79 Å². The molecule has 4 heteroatoms. The molecule has 2 rings (SSSR count). The average molecular weight is 262 g/mol. The largest absolute Gasteiger partial charge is 0.478 e.